The summed E-state index contributed by atoms with van der Waals surface area (Å²) in [6.07, 6.45) is 8.62. The molecule has 0 radical (unpaired) electrons. The van der Waals surface area contributed by atoms with E-state index in [4.69, 9.17) is 4.74 Å². The molecule has 0 aromatic heterocycles. The maximum Gasteiger partial charge on any atom is 0.410 e. The van der Waals surface area contributed by atoms with Gasteiger partial charge >= 0.3 is 6.09 Å². The zero-order chi connectivity index (χ0) is 20.5. The predicted molar refractivity (Wildman–Crippen MR) is 111 cm³/mol. The Bertz CT molecular complexity index is 692. The molecule has 2 aliphatic carbocycles. The fourth-order valence-corrected chi connectivity index (χ4v) is 5.64. The monoisotopic (exact) mass is 401 g/mol. The molecule has 0 bridgehead atoms. The Hall–Kier alpha value is -1.74. The largest absolute Gasteiger partial charge is 0.436 e. The van der Waals surface area contributed by atoms with Gasteiger partial charge in [-0.3, -0.25) is 4.79 Å². The van der Waals surface area contributed by atoms with E-state index in [9.17, 15) is 9.59 Å². The van der Waals surface area contributed by atoms with Crippen molar-refractivity contribution >= 4 is 12.0 Å². The van der Waals surface area contributed by atoms with Crippen molar-refractivity contribution in [3.63, 3.8) is 0 Å². The minimum atomic E-state index is -0.222. The van der Waals surface area contributed by atoms with Gasteiger partial charge in [-0.1, -0.05) is 5.92 Å². The van der Waals surface area contributed by atoms with Gasteiger partial charge in [0.2, 0.25) is 5.91 Å². The molecule has 6 heteroatoms. The maximum atomic E-state index is 12.6. The van der Waals surface area contributed by atoms with Crippen LogP contribution >= 0.6 is 0 Å². The van der Waals surface area contributed by atoms with E-state index in [0.717, 1.165) is 58.3 Å². The lowest BCUT2D eigenvalue weighted by Crippen LogP contribution is -2.56. The molecule has 4 fully saturated rings. The van der Waals surface area contributed by atoms with E-state index < -0.39 is 0 Å². The van der Waals surface area contributed by atoms with Gasteiger partial charge in [0, 0.05) is 30.6 Å². The number of nitrogens with zero attached hydrogens (tertiary/aromatic N) is 2. The summed E-state index contributed by atoms with van der Waals surface area (Å²) in [6, 6.07) is 0.616. The molecule has 0 atom stereocenters. The highest BCUT2D eigenvalue weighted by atomic mass is 16.6. The van der Waals surface area contributed by atoms with Crippen LogP contribution in [0.2, 0.25) is 0 Å². The fourth-order valence-electron chi connectivity index (χ4n) is 5.64. The molecule has 0 aromatic rings. The average molecular weight is 402 g/mol. The molecule has 1 N–H and O–H groups in total. The van der Waals surface area contributed by atoms with Crippen LogP contribution in [-0.2, 0) is 9.53 Å². The molecule has 160 valence electrons. The van der Waals surface area contributed by atoms with Gasteiger partial charge in [-0.25, -0.2) is 4.79 Å². The van der Waals surface area contributed by atoms with Gasteiger partial charge in [0.05, 0.1) is 0 Å². The van der Waals surface area contributed by atoms with Crippen LogP contribution < -0.4 is 5.32 Å². The first-order valence-electron chi connectivity index (χ1n) is 11.3. The minimum absolute atomic E-state index is 0.0627. The third kappa shape index (κ3) is 4.40. The molecule has 0 aromatic carbocycles. The van der Waals surface area contributed by atoms with E-state index in [1.807, 2.05) is 4.90 Å². The lowest BCUT2D eigenvalue weighted by Gasteiger charge is -2.51. The Morgan fingerprint density at radius 1 is 1.14 bits per heavy atom. The van der Waals surface area contributed by atoms with E-state index in [2.05, 4.69) is 29.0 Å². The summed E-state index contributed by atoms with van der Waals surface area (Å²) >= 11 is 0. The Balaban J connectivity index is 1.18. The molecule has 4 aliphatic rings. The third-order valence-electron chi connectivity index (χ3n) is 7.78. The molecule has 4 rings (SSSR count). The number of hydrogen-bond acceptors (Lipinski definition) is 4. The Kier molecular flexibility index (Phi) is 5.79. The minimum Gasteiger partial charge on any atom is -0.436 e. The lowest BCUT2D eigenvalue weighted by molar-refractivity contribution is -0.130. The van der Waals surface area contributed by atoms with Gasteiger partial charge in [0.1, 0.15) is 0 Å². The van der Waals surface area contributed by atoms with Gasteiger partial charge in [0.25, 0.3) is 0 Å². The molecule has 0 unspecified atom stereocenters. The quantitative estimate of drug-likeness (QED) is 0.736. The summed E-state index contributed by atoms with van der Waals surface area (Å²) in [5.41, 5.74) is 0.348. The van der Waals surface area contributed by atoms with Crippen molar-refractivity contribution in [1.82, 2.24) is 15.1 Å². The van der Waals surface area contributed by atoms with Crippen molar-refractivity contribution in [1.29, 1.82) is 0 Å². The van der Waals surface area contributed by atoms with Crippen LogP contribution in [0.1, 0.15) is 65.2 Å². The second-order valence-corrected chi connectivity index (χ2v) is 9.93. The standard InChI is InChI=1S/C23H35N3O3/c1-3-4-14-29-21(28)26-13-10-23(17-26)15-19(16-23)25-11-6-18(7-12-25)20(27)24-22(2)8-5-9-22/h18-19H,5-17H2,1-2H3,(H,24,27). The van der Waals surface area contributed by atoms with Crippen molar-refractivity contribution in [2.75, 3.05) is 32.8 Å². The highest BCUT2D eigenvalue weighted by Crippen LogP contribution is 2.50. The van der Waals surface area contributed by atoms with Crippen molar-refractivity contribution in [3.8, 4) is 11.8 Å². The number of carbonyl (C=O) groups is 2. The van der Waals surface area contributed by atoms with Gasteiger partial charge in [-0.05, 0) is 83.7 Å². The number of hydrogen-bond donors (Lipinski definition) is 1. The van der Waals surface area contributed by atoms with Gasteiger partial charge < -0.3 is 19.9 Å². The zero-order valence-electron chi connectivity index (χ0n) is 18.0. The average Bonchev–Trinajstić information content (AvgIpc) is 3.12. The van der Waals surface area contributed by atoms with Gasteiger partial charge in [0.15, 0.2) is 6.61 Å². The summed E-state index contributed by atoms with van der Waals surface area (Å²) in [4.78, 5) is 29.2. The van der Waals surface area contributed by atoms with Crippen LogP contribution in [0.25, 0.3) is 0 Å². The highest BCUT2D eigenvalue weighted by Gasteiger charge is 2.51. The number of piperidine rings is 1. The van der Waals surface area contributed by atoms with Crippen LogP contribution in [0.4, 0.5) is 4.79 Å². The first-order valence-corrected chi connectivity index (χ1v) is 11.3. The molecule has 1 spiro atoms. The Morgan fingerprint density at radius 3 is 2.48 bits per heavy atom. The summed E-state index contributed by atoms with van der Waals surface area (Å²) in [5.74, 6) is 5.98. The van der Waals surface area contributed by atoms with Crippen LogP contribution in [0, 0.1) is 23.2 Å². The van der Waals surface area contributed by atoms with Gasteiger partial charge in [-0.15, -0.1) is 5.92 Å². The number of amides is 2. The SMILES string of the molecule is CC#CCOC(=O)N1CCC2(CC(N3CCC(C(=O)NC4(C)CCC4)CC3)C2)C1. The number of ether oxygens (including phenoxy) is 1. The summed E-state index contributed by atoms with van der Waals surface area (Å²) in [5, 5.41) is 3.29. The van der Waals surface area contributed by atoms with E-state index >= 15 is 0 Å². The topological polar surface area (TPSA) is 61.9 Å². The van der Waals surface area contributed by atoms with E-state index in [1.165, 1.54) is 19.3 Å². The Morgan fingerprint density at radius 2 is 1.86 bits per heavy atom. The second-order valence-electron chi connectivity index (χ2n) is 9.93. The molecule has 6 nitrogen and oxygen atoms in total. The van der Waals surface area contributed by atoms with E-state index in [-0.39, 0.29) is 35.5 Å². The second kappa shape index (κ2) is 8.18. The number of likely N-dealkylation sites (tertiary alicyclic amines) is 2. The molecule has 2 saturated heterocycles. The smallest absolute Gasteiger partial charge is 0.410 e. The fraction of sp³-hybridized carbons (Fsp3) is 0.826. The van der Waals surface area contributed by atoms with Crippen molar-refractivity contribution < 1.29 is 14.3 Å². The summed E-state index contributed by atoms with van der Waals surface area (Å²) < 4.78 is 5.22. The third-order valence-corrected chi connectivity index (χ3v) is 7.78. The first-order chi connectivity index (χ1) is 13.9. The van der Waals surface area contributed by atoms with E-state index in [0.29, 0.717) is 6.04 Å². The number of rotatable bonds is 4. The number of nitrogens with one attached hydrogen (secondary N) is 1. The normalized spacial score (nSPS) is 31.4. The van der Waals surface area contributed by atoms with Crippen LogP contribution in [0.3, 0.4) is 0 Å². The lowest BCUT2D eigenvalue weighted by atomic mass is 9.64. The first kappa shape index (κ1) is 20.5. The molecule has 29 heavy (non-hydrogen) atoms. The molecule has 2 amide bonds. The number of carbonyl (C=O) groups excluding carboxylic acids is 2. The zero-order valence-corrected chi connectivity index (χ0v) is 18.0. The van der Waals surface area contributed by atoms with Gasteiger partial charge in [-0.2, -0.15) is 0 Å². The predicted octanol–water partition coefficient (Wildman–Crippen LogP) is 2.77. The van der Waals surface area contributed by atoms with Crippen molar-refractivity contribution in [3.05, 3.63) is 0 Å². The van der Waals surface area contributed by atoms with E-state index in [1.54, 1.807) is 6.92 Å². The summed E-state index contributed by atoms with van der Waals surface area (Å²) in [6.45, 7) is 7.77. The maximum absolute atomic E-state index is 12.6. The summed E-state index contributed by atoms with van der Waals surface area (Å²) in [7, 11) is 0. The highest BCUT2D eigenvalue weighted by molar-refractivity contribution is 5.79. The Labute approximate surface area is 174 Å². The molecule has 2 aliphatic heterocycles. The molecule has 2 saturated carbocycles. The molecule has 2 heterocycles. The van der Waals surface area contributed by atoms with Crippen LogP contribution in [0.5, 0.6) is 0 Å². The van der Waals surface area contributed by atoms with Crippen LogP contribution in [0.15, 0.2) is 0 Å². The van der Waals surface area contributed by atoms with Crippen molar-refractivity contribution in [2.24, 2.45) is 11.3 Å². The van der Waals surface area contributed by atoms with Crippen LogP contribution in [-0.4, -0.2) is 66.2 Å². The molecular formula is C23H35N3O3. The van der Waals surface area contributed by atoms with Crippen molar-refractivity contribution in [2.45, 2.75) is 76.8 Å². The molecular weight excluding hydrogens is 366 g/mol.